The van der Waals surface area contributed by atoms with Crippen LogP contribution in [0.4, 0.5) is 0 Å². The van der Waals surface area contributed by atoms with Crippen molar-refractivity contribution in [1.82, 2.24) is 9.80 Å². The molecule has 0 aromatic heterocycles. The van der Waals surface area contributed by atoms with Gasteiger partial charge in [0.25, 0.3) is 11.8 Å². The lowest BCUT2D eigenvalue weighted by Crippen LogP contribution is -2.51. The van der Waals surface area contributed by atoms with E-state index in [2.05, 4.69) is 0 Å². The van der Waals surface area contributed by atoms with E-state index in [9.17, 15) is 19.2 Å². The zero-order valence-electron chi connectivity index (χ0n) is 13.3. The van der Waals surface area contributed by atoms with Gasteiger partial charge in [-0.15, -0.1) is 0 Å². The summed E-state index contributed by atoms with van der Waals surface area (Å²) in [5.74, 6) is -2.54. The van der Waals surface area contributed by atoms with Crippen molar-refractivity contribution in [1.29, 1.82) is 0 Å². The van der Waals surface area contributed by atoms with E-state index >= 15 is 0 Å². The Balaban J connectivity index is 1.72. The molecule has 0 saturated carbocycles. The van der Waals surface area contributed by atoms with Crippen molar-refractivity contribution in [3.63, 3.8) is 0 Å². The van der Waals surface area contributed by atoms with Crippen molar-refractivity contribution in [2.24, 2.45) is 5.92 Å². The predicted octanol–water partition coefficient (Wildman–Crippen LogP) is 0.994. The molecule has 126 valence electrons. The Hall–Kier alpha value is -2.70. The summed E-state index contributed by atoms with van der Waals surface area (Å²) in [6, 6.07) is 5.60. The second-order valence-corrected chi connectivity index (χ2v) is 6.14. The van der Waals surface area contributed by atoms with E-state index in [0.29, 0.717) is 37.1 Å². The average molecular weight is 330 g/mol. The maximum absolute atomic E-state index is 12.6. The number of rotatable bonds is 3. The molecule has 1 unspecified atom stereocenters. The molecule has 2 heterocycles. The van der Waals surface area contributed by atoms with Crippen molar-refractivity contribution in [3.05, 3.63) is 35.4 Å². The summed E-state index contributed by atoms with van der Waals surface area (Å²) >= 11 is 0. The van der Waals surface area contributed by atoms with E-state index in [-0.39, 0.29) is 5.91 Å². The lowest BCUT2D eigenvalue weighted by molar-refractivity contribution is -0.146. The Morgan fingerprint density at radius 1 is 1.08 bits per heavy atom. The number of carboxylic acid groups (broad SMARTS) is 1. The fourth-order valence-electron chi connectivity index (χ4n) is 3.28. The molecule has 2 aliphatic rings. The molecule has 1 aromatic rings. The molecule has 1 aromatic carbocycles. The van der Waals surface area contributed by atoms with Gasteiger partial charge in [0.15, 0.2) is 0 Å². The maximum atomic E-state index is 12.6. The molecule has 1 saturated heterocycles. The van der Waals surface area contributed by atoms with Crippen LogP contribution in [0.3, 0.4) is 0 Å². The van der Waals surface area contributed by atoms with E-state index in [0.717, 1.165) is 4.90 Å². The molecule has 0 spiro atoms. The summed E-state index contributed by atoms with van der Waals surface area (Å²) in [5, 5.41) is 9.01. The molecular formula is C17H18N2O5. The normalized spacial score (nSPS) is 19.4. The molecule has 0 radical (unpaired) electrons. The van der Waals surface area contributed by atoms with Crippen LogP contribution in [0.25, 0.3) is 0 Å². The lowest BCUT2D eigenvalue weighted by atomic mass is 9.96. The molecule has 3 rings (SSSR count). The SMILES string of the molecule is CC(C(=O)N1CCC(C(=O)O)CC1)N1C(=O)c2ccccc2C1=O. The van der Waals surface area contributed by atoms with Crippen molar-refractivity contribution >= 4 is 23.7 Å². The number of hydrogen-bond acceptors (Lipinski definition) is 4. The zero-order chi connectivity index (χ0) is 17.4. The Morgan fingerprint density at radius 2 is 1.58 bits per heavy atom. The Kier molecular flexibility index (Phi) is 4.09. The molecule has 1 N–H and O–H groups in total. The number of aliphatic carboxylic acids is 1. The van der Waals surface area contributed by atoms with Gasteiger partial charge in [-0.2, -0.15) is 0 Å². The van der Waals surface area contributed by atoms with Gasteiger partial charge in [-0.3, -0.25) is 24.1 Å². The summed E-state index contributed by atoms with van der Waals surface area (Å²) in [5.41, 5.74) is 0.624. The number of likely N-dealkylation sites (tertiary alicyclic amines) is 1. The number of carbonyl (C=O) groups is 4. The predicted molar refractivity (Wildman–Crippen MR) is 83.3 cm³/mol. The number of carboxylic acids is 1. The van der Waals surface area contributed by atoms with Crippen LogP contribution in [0, 0.1) is 5.92 Å². The minimum Gasteiger partial charge on any atom is -0.481 e. The number of carbonyl (C=O) groups excluding carboxylic acids is 3. The minimum absolute atomic E-state index is 0.312. The largest absolute Gasteiger partial charge is 0.481 e. The molecular weight excluding hydrogens is 312 g/mol. The van der Waals surface area contributed by atoms with E-state index in [1.54, 1.807) is 24.3 Å². The smallest absolute Gasteiger partial charge is 0.306 e. The van der Waals surface area contributed by atoms with Gasteiger partial charge in [0.1, 0.15) is 6.04 Å². The standard InChI is InChI=1S/C17H18N2O5/c1-10(14(20)18-8-6-11(7-9-18)17(23)24)19-15(21)12-4-2-3-5-13(12)16(19)22/h2-5,10-11H,6-9H2,1H3,(H,23,24). The second-order valence-electron chi connectivity index (χ2n) is 6.14. The quantitative estimate of drug-likeness (QED) is 0.834. The highest BCUT2D eigenvalue weighted by Gasteiger charge is 2.42. The van der Waals surface area contributed by atoms with Crippen LogP contribution < -0.4 is 0 Å². The molecule has 0 aliphatic carbocycles. The summed E-state index contributed by atoms with van der Waals surface area (Å²) in [4.78, 5) is 51.0. The first kappa shape index (κ1) is 16.2. The van der Waals surface area contributed by atoms with Gasteiger partial charge in [-0.05, 0) is 31.9 Å². The van der Waals surface area contributed by atoms with Gasteiger partial charge in [-0.1, -0.05) is 12.1 Å². The molecule has 7 nitrogen and oxygen atoms in total. The number of piperidine rings is 1. The molecule has 1 atom stereocenters. The minimum atomic E-state index is -0.904. The molecule has 24 heavy (non-hydrogen) atoms. The Morgan fingerprint density at radius 3 is 2.04 bits per heavy atom. The third-order valence-electron chi connectivity index (χ3n) is 4.73. The van der Waals surface area contributed by atoms with Gasteiger partial charge < -0.3 is 10.0 Å². The highest BCUT2D eigenvalue weighted by Crippen LogP contribution is 2.26. The fraction of sp³-hybridized carbons (Fsp3) is 0.412. The van der Waals surface area contributed by atoms with E-state index in [1.165, 1.54) is 11.8 Å². The van der Waals surface area contributed by atoms with E-state index in [1.807, 2.05) is 0 Å². The summed E-state index contributed by atoms with van der Waals surface area (Å²) in [7, 11) is 0. The van der Waals surface area contributed by atoms with Gasteiger partial charge in [-0.25, -0.2) is 0 Å². The second kappa shape index (κ2) is 6.07. The number of benzene rings is 1. The zero-order valence-corrected chi connectivity index (χ0v) is 13.3. The molecule has 7 heteroatoms. The average Bonchev–Trinajstić information content (AvgIpc) is 2.85. The van der Waals surface area contributed by atoms with Gasteiger partial charge in [0.2, 0.25) is 5.91 Å². The first-order chi connectivity index (χ1) is 11.4. The first-order valence-corrected chi connectivity index (χ1v) is 7.90. The Labute approximate surface area is 138 Å². The van der Waals surface area contributed by atoms with Gasteiger partial charge in [0.05, 0.1) is 17.0 Å². The monoisotopic (exact) mass is 330 g/mol. The number of imide groups is 1. The van der Waals surface area contributed by atoms with Crippen LogP contribution in [0.5, 0.6) is 0 Å². The molecule has 0 bridgehead atoms. The van der Waals surface area contributed by atoms with Gasteiger partial charge in [0, 0.05) is 13.1 Å². The highest BCUT2D eigenvalue weighted by atomic mass is 16.4. The van der Waals surface area contributed by atoms with Crippen molar-refractivity contribution in [3.8, 4) is 0 Å². The van der Waals surface area contributed by atoms with Crippen LogP contribution in [-0.2, 0) is 9.59 Å². The maximum Gasteiger partial charge on any atom is 0.306 e. The van der Waals surface area contributed by atoms with Crippen molar-refractivity contribution in [2.75, 3.05) is 13.1 Å². The molecule has 1 fully saturated rings. The van der Waals surface area contributed by atoms with E-state index < -0.39 is 29.7 Å². The van der Waals surface area contributed by atoms with Crippen LogP contribution in [0.2, 0.25) is 0 Å². The number of nitrogens with zero attached hydrogens (tertiary/aromatic N) is 2. The number of hydrogen-bond donors (Lipinski definition) is 1. The van der Waals surface area contributed by atoms with Crippen molar-refractivity contribution in [2.45, 2.75) is 25.8 Å². The number of fused-ring (bicyclic) bond motifs is 1. The first-order valence-electron chi connectivity index (χ1n) is 7.90. The fourth-order valence-corrected chi connectivity index (χ4v) is 3.28. The Bertz CT molecular complexity index is 686. The summed E-state index contributed by atoms with van der Waals surface area (Å²) < 4.78 is 0. The molecule has 3 amide bonds. The van der Waals surface area contributed by atoms with Crippen LogP contribution in [0.1, 0.15) is 40.5 Å². The summed E-state index contributed by atoms with van der Waals surface area (Å²) in [6.45, 7) is 2.18. The number of amides is 3. The van der Waals surface area contributed by atoms with Gasteiger partial charge >= 0.3 is 5.97 Å². The van der Waals surface area contributed by atoms with Crippen LogP contribution >= 0.6 is 0 Å². The van der Waals surface area contributed by atoms with E-state index in [4.69, 9.17) is 5.11 Å². The summed E-state index contributed by atoms with van der Waals surface area (Å²) in [6.07, 6.45) is 0.770. The third kappa shape index (κ3) is 2.55. The molecule has 2 aliphatic heterocycles. The lowest BCUT2D eigenvalue weighted by Gasteiger charge is -2.33. The van der Waals surface area contributed by atoms with Crippen molar-refractivity contribution < 1.29 is 24.3 Å². The van der Waals surface area contributed by atoms with Crippen LogP contribution in [-0.4, -0.2) is 57.7 Å². The van der Waals surface area contributed by atoms with Crippen LogP contribution in [0.15, 0.2) is 24.3 Å². The topological polar surface area (TPSA) is 95.0 Å². The third-order valence-corrected chi connectivity index (χ3v) is 4.73. The highest BCUT2D eigenvalue weighted by molar-refractivity contribution is 6.22.